The number of methoxy groups -OCH3 is 1. The zero-order chi connectivity index (χ0) is 19.4. The molecular formula is C18H22N2O6. The summed E-state index contributed by atoms with van der Waals surface area (Å²) in [6.45, 7) is 0.175. The van der Waals surface area contributed by atoms with Crippen LogP contribution in [0.25, 0.3) is 11.1 Å². The molecule has 0 saturated carbocycles. The van der Waals surface area contributed by atoms with Crippen molar-refractivity contribution in [3.63, 3.8) is 0 Å². The molecule has 0 unspecified atom stereocenters. The number of benzene rings is 1. The molecule has 1 aromatic heterocycles. The smallest absolute Gasteiger partial charge is 0.355 e. The molecule has 26 heavy (non-hydrogen) atoms. The Morgan fingerprint density at radius 2 is 1.77 bits per heavy atom. The van der Waals surface area contributed by atoms with Gasteiger partial charge in [-0.05, 0) is 29.2 Å². The SMILES string of the molecule is COC(=O)c1[nH]c(CN)c(-c2ccc(CO)c(CO)c2CO)c1C(C)=O. The summed E-state index contributed by atoms with van der Waals surface area (Å²) < 4.78 is 4.73. The molecule has 0 aliphatic carbocycles. The van der Waals surface area contributed by atoms with Crippen LogP contribution in [0, 0.1) is 0 Å². The molecule has 0 fully saturated rings. The summed E-state index contributed by atoms with van der Waals surface area (Å²) in [5, 5.41) is 29.0. The number of hydrogen-bond acceptors (Lipinski definition) is 7. The normalized spacial score (nSPS) is 10.8. The van der Waals surface area contributed by atoms with E-state index in [1.807, 2.05) is 0 Å². The van der Waals surface area contributed by atoms with Crippen molar-refractivity contribution >= 4 is 11.8 Å². The van der Waals surface area contributed by atoms with Gasteiger partial charge in [-0.25, -0.2) is 4.79 Å². The van der Waals surface area contributed by atoms with Crippen molar-refractivity contribution in [2.24, 2.45) is 5.73 Å². The predicted octanol–water partition coefficient (Wildman–Crippen LogP) is 0.607. The molecule has 0 spiro atoms. The van der Waals surface area contributed by atoms with Gasteiger partial charge >= 0.3 is 5.97 Å². The van der Waals surface area contributed by atoms with Gasteiger partial charge in [-0.15, -0.1) is 0 Å². The monoisotopic (exact) mass is 362 g/mol. The van der Waals surface area contributed by atoms with Gasteiger partial charge in [0.15, 0.2) is 5.78 Å². The standard InChI is InChI=1S/C18H22N2O6/c1-9(24)15-16(14(5-19)20-17(15)18(25)26-2)11-4-3-10(6-21)12(7-22)13(11)8-23/h3-4,20-23H,5-8,19H2,1-2H3. The second kappa shape index (κ2) is 8.24. The maximum Gasteiger partial charge on any atom is 0.355 e. The number of nitrogens with two attached hydrogens (primary N) is 1. The van der Waals surface area contributed by atoms with Gasteiger partial charge in [0.1, 0.15) is 5.69 Å². The second-order valence-electron chi connectivity index (χ2n) is 5.68. The van der Waals surface area contributed by atoms with Crippen molar-refractivity contribution in [1.82, 2.24) is 4.98 Å². The Kier molecular flexibility index (Phi) is 6.27. The third kappa shape index (κ3) is 3.27. The number of aliphatic hydroxyl groups excluding tert-OH is 3. The Hall–Kier alpha value is -2.52. The van der Waals surface area contributed by atoms with Gasteiger partial charge in [0.05, 0.1) is 32.5 Å². The van der Waals surface area contributed by atoms with Gasteiger partial charge in [0.2, 0.25) is 0 Å². The summed E-state index contributed by atoms with van der Waals surface area (Å²) in [5.41, 5.74) is 8.30. The number of aliphatic hydroxyl groups is 3. The molecular weight excluding hydrogens is 340 g/mol. The lowest BCUT2D eigenvalue weighted by atomic mass is 9.89. The molecule has 2 rings (SSSR count). The van der Waals surface area contributed by atoms with Crippen molar-refractivity contribution in [3.05, 3.63) is 45.8 Å². The Labute approximate surface area is 150 Å². The van der Waals surface area contributed by atoms with E-state index in [1.165, 1.54) is 14.0 Å². The summed E-state index contributed by atoms with van der Waals surface area (Å²) >= 11 is 0. The number of hydrogen-bond donors (Lipinski definition) is 5. The number of Topliss-reactive ketones (excluding diaryl/α,β-unsaturated/α-hetero) is 1. The quantitative estimate of drug-likeness (QED) is 0.358. The van der Waals surface area contributed by atoms with Crippen molar-refractivity contribution in [1.29, 1.82) is 0 Å². The van der Waals surface area contributed by atoms with E-state index >= 15 is 0 Å². The van der Waals surface area contributed by atoms with Crippen molar-refractivity contribution < 1.29 is 29.6 Å². The fourth-order valence-corrected chi connectivity index (χ4v) is 3.11. The van der Waals surface area contributed by atoms with Gasteiger partial charge in [-0.1, -0.05) is 12.1 Å². The lowest BCUT2D eigenvalue weighted by molar-refractivity contribution is 0.0591. The van der Waals surface area contributed by atoms with Crippen LogP contribution in [0.4, 0.5) is 0 Å². The highest BCUT2D eigenvalue weighted by Crippen LogP contribution is 2.36. The third-order valence-electron chi connectivity index (χ3n) is 4.31. The Morgan fingerprint density at radius 3 is 2.23 bits per heavy atom. The van der Waals surface area contributed by atoms with E-state index in [4.69, 9.17) is 10.5 Å². The molecule has 1 heterocycles. The number of esters is 1. The minimum absolute atomic E-state index is 0.00762. The molecule has 0 amide bonds. The van der Waals surface area contributed by atoms with E-state index in [2.05, 4.69) is 4.98 Å². The largest absolute Gasteiger partial charge is 0.464 e. The van der Waals surface area contributed by atoms with Crippen molar-refractivity contribution in [3.8, 4) is 11.1 Å². The Morgan fingerprint density at radius 1 is 1.12 bits per heavy atom. The molecule has 2 aromatic rings. The fraction of sp³-hybridized carbons (Fsp3) is 0.333. The van der Waals surface area contributed by atoms with E-state index in [1.54, 1.807) is 12.1 Å². The van der Waals surface area contributed by atoms with E-state index < -0.39 is 19.2 Å². The van der Waals surface area contributed by atoms with Gasteiger partial charge in [0.25, 0.3) is 0 Å². The first-order chi connectivity index (χ1) is 12.4. The van der Waals surface area contributed by atoms with E-state index in [-0.39, 0.29) is 30.2 Å². The van der Waals surface area contributed by atoms with Crippen LogP contribution < -0.4 is 5.73 Å². The number of nitrogens with one attached hydrogen (secondary N) is 1. The molecule has 8 heteroatoms. The van der Waals surface area contributed by atoms with Gasteiger partial charge in [0, 0.05) is 17.8 Å². The van der Waals surface area contributed by atoms with Crippen molar-refractivity contribution in [2.45, 2.75) is 33.3 Å². The van der Waals surface area contributed by atoms with E-state index in [0.29, 0.717) is 33.5 Å². The fourth-order valence-electron chi connectivity index (χ4n) is 3.11. The molecule has 6 N–H and O–H groups in total. The van der Waals surface area contributed by atoms with Crippen LogP contribution in [0.15, 0.2) is 12.1 Å². The summed E-state index contributed by atoms with van der Waals surface area (Å²) in [7, 11) is 1.20. The molecule has 1 aromatic carbocycles. The highest BCUT2D eigenvalue weighted by molar-refractivity contribution is 6.10. The van der Waals surface area contributed by atoms with Crippen LogP contribution in [0.5, 0.6) is 0 Å². The number of H-pyrrole nitrogens is 1. The number of ketones is 1. The van der Waals surface area contributed by atoms with Crippen LogP contribution in [0.2, 0.25) is 0 Å². The summed E-state index contributed by atoms with van der Waals surface area (Å²) in [5.74, 6) is -1.09. The average Bonchev–Trinajstić information content (AvgIpc) is 3.05. The highest BCUT2D eigenvalue weighted by atomic mass is 16.5. The zero-order valence-electron chi connectivity index (χ0n) is 14.6. The minimum atomic E-state index is -0.712. The highest BCUT2D eigenvalue weighted by Gasteiger charge is 2.28. The first kappa shape index (κ1) is 19.8. The number of aromatic nitrogens is 1. The number of carbonyl (C=O) groups is 2. The van der Waals surface area contributed by atoms with Crippen LogP contribution >= 0.6 is 0 Å². The zero-order valence-corrected chi connectivity index (χ0v) is 14.6. The number of aromatic amines is 1. The number of ether oxygens (including phenoxy) is 1. The molecule has 0 aliphatic heterocycles. The van der Waals surface area contributed by atoms with Crippen LogP contribution in [0.3, 0.4) is 0 Å². The van der Waals surface area contributed by atoms with Gasteiger partial charge in [-0.2, -0.15) is 0 Å². The predicted molar refractivity (Wildman–Crippen MR) is 93.2 cm³/mol. The maximum absolute atomic E-state index is 12.3. The lowest BCUT2D eigenvalue weighted by Gasteiger charge is -2.16. The number of rotatable bonds is 7. The first-order valence-corrected chi connectivity index (χ1v) is 7.95. The third-order valence-corrected chi connectivity index (χ3v) is 4.31. The van der Waals surface area contributed by atoms with Crippen LogP contribution in [0.1, 0.15) is 50.2 Å². The molecule has 0 bridgehead atoms. The van der Waals surface area contributed by atoms with E-state index in [9.17, 15) is 24.9 Å². The maximum atomic E-state index is 12.3. The van der Waals surface area contributed by atoms with Crippen molar-refractivity contribution in [2.75, 3.05) is 7.11 Å². The molecule has 0 aliphatic rings. The molecule has 0 saturated heterocycles. The minimum Gasteiger partial charge on any atom is -0.464 e. The van der Waals surface area contributed by atoms with Crippen LogP contribution in [-0.4, -0.2) is 39.2 Å². The molecule has 8 nitrogen and oxygen atoms in total. The summed E-state index contributed by atoms with van der Waals surface area (Å²) in [6.07, 6.45) is 0. The molecule has 140 valence electrons. The van der Waals surface area contributed by atoms with Gasteiger partial charge < -0.3 is 30.8 Å². The first-order valence-electron chi connectivity index (χ1n) is 7.95. The Balaban J connectivity index is 2.90. The molecule has 0 atom stereocenters. The summed E-state index contributed by atoms with van der Waals surface area (Å²) in [6, 6.07) is 3.21. The average molecular weight is 362 g/mol. The van der Waals surface area contributed by atoms with Crippen LogP contribution in [-0.2, 0) is 31.1 Å². The molecule has 0 radical (unpaired) electrons. The lowest BCUT2D eigenvalue weighted by Crippen LogP contribution is -2.09. The van der Waals surface area contributed by atoms with E-state index in [0.717, 1.165) is 0 Å². The summed E-state index contributed by atoms with van der Waals surface area (Å²) in [4.78, 5) is 27.2. The Bertz CT molecular complexity index is 841. The second-order valence-corrected chi connectivity index (χ2v) is 5.68. The van der Waals surface area contributed by atoms with Gasteiger partial charge in [-0.3, -0.25) is 4.79 Å². The number of carbonyl (C=O) groups excluding carboxylic acids is 2. The topological polar surface area (TPSA) is 146 Å².